The number of alkyl halides is 1. The van der Waals surface area contributed by atoms with Gasteiger partial charge in [0, 0.05) is 42.8 Å². The zero-order valence-electron chi connectivity index (χ0n) is 23.7. The molecule has 0 aliphatic carbocycles. The Labute approximate surface area is 250 Å². The molecule has 3 unspecified atom stereocenters. The van der Waals surface area contributed by atoms with E-state index < -0.39 is 34.6 Å². The molecule has 0 aromatic heterocycles. The summed E-state index contributed by atoms with van der Waals surface area (Å²) in [5.41, 5.74) is 0. The van der Waals surface area contributed by atoms with Crippen LogP contribution >= 0.6 is 27.7 Å². The third-order valence-corrected chi connectivity index (χ3v) is 12.3. The number of likely N-dealkylation sites (tertiary alicyclic amines) is 1. The van der Waals surface area contributed by atoms with Gasteiger partial charge in [0.05, 0.1) is 49.1 Å². The second kappa shape index (κ2) is 13.7. The fourth-order valence-electron chi connectivity index (χ4n) is 6.83. The van der Waals surface area contributed by atoms with E-state index in [1.54, 1.807) is 33.7 Å². The van der Waals surface area contributed by atoms with Gasteiger partial charge in [-0.2, -0.15) is 0 Å². The highest BCUT2D eigenvalue weighted by Crippen LogP contribution is 2.68. The summed E-state index contributed by atoms with van der Waals surface area (Å²) in [4.78, 5) is 48.1. The molecule has 4 rings (SSSR count). The molecule has 9 nitrogen and oxygen atoms in total. The van der Waals surface area contributed by atoms with E-state index in [4.69, 9.17) is 9.47 Å². The van der Waals surface area contributed by atoms with Gasteiger partial charge in [-0.15, -0.1) is 24.9 Å². The number of hydrogen-bond donors (Lipinski definition) is 1. The highest BCUT2D eigenvalue weighted by Gasteiger charge is 2.76. The van der Waals surface area contributed by atoms with Crippen LogP contribution in [0.25, 0.3) is 0 Å². The number of halogens is 1. The van der Waals surface area contributed by atoms with Gasteiger partial charge < -0.3 is 24.4 Å². The van der Waals surface area contributed by atoms with Crippen molar-refractivity contribution in [3.8, 4) is 0 Å². The van der Waals surface area contributed by atoms with E-state index in [1.807, 2.05) is 13.8 Å². The van der Waals surface area contributed by atoms with Crippen LogP contribution in [0.4, 0.5) is 0 Å². The fourth-order valence-corrected chi connectivity index (χ4v) is 10.4. The van der Waals surface area contributed by atoms with Gasteiger partial charge in [0.1, 0.15) is 6.04 Å². The van der Waals surface area contributed by atoms with Crippen molar-refractivity contribution in [2.45, 2.75) is 60.0 Å². The molecule has 4 heterocycles. The summed E-state index contributed by atoms with van der Waals surface area (Å²) in [5, 5.41) is 10.4. The number of aliphatic hydroxyl groups is 1. The molecule has 224 valence electrons. The van der Waals surface area contributed by atoms with Gasteiger partial charge in [0.2, 0.25) is 11.8 Å². The number of esters is 1. The minimum atomic E-state index is -0.790. The number of nitrogens with zero attached hydrogens (tertiary/aromatic N) is 3. The number of rotatable bonds is 14. The Morgan fingerprint density at radius 2 is 2.05 bits per heavy atom. The topological polar surface area (TPSA) is 99.6 Å². The van der Waals surface area contributed by atoms with Crippen molar-refractivity contribution in [1.82, 2.24) is 14.7 Å². The van der Waals surface area contributed by atoms with Crippen LogP contribution in [0.5, 0.6) is 0 Å². The molecule has 4 fully saturated rings. The van der Waals surface area contributed by atoms with Crippen molar-refractivity contribution in [2.24, 2.45) is 17.8 Å². The lowest BCUT2D eigenvalue weighted by molar-refractivity contribution is -0.154. The van der Waals surface area contributed by atoms with Crippen molar-refractivity contribution in [3.05, 3.63) is 25.3 Å². The van der Waals surface area contributed by atoms with E-state index in [0.29, 0.717) is 45.7 Å². The van der Waals surface area contributed by atoms with Gasteiger partial charge in [-0.25, -0.2) is 0 Å². The van der Waals surface area contributed by atoms with Crippen LogP contribution < -0.4 is 0 Å². The summed E-state index contributed by atoms with van der Waals surface area (Å²) in [7, 11) is 0. The van der Waals surface area contributed by atoms with E-state index in [-0.39, 0.29) is 41.0 Å². The summed E-state index contributed by atoms with van der Waals surface area (Å²) in [6.07, 6.45) is 5.28. The maximum absolute atomic E-state index is 14.6. The highest BCUT2D eigenvalue weighted by molar-refractivity contribution is 9.09. The Balaban J connectivity index is 1.70. The van der Waals surface area contributed by atoms with Crippen LogP contribution in [0.1, 0.15) is 33.1 Å². The minimum absolute atomic E-state index is 0.0272. The number of carbonyl (C=O) groups excluding carboxylic acids is 3. The lowest BCUT2D eigenvalue weighted by Gasteiger charge is -2.41. The van der Waals surface area contributed by atoms with Crippen molar-refractivity contribution in [3.63, 3.8) is 0 Å². The number of carbonyl (C=O) groups is 3. The molecule has 0 radical (unpaired) electrons. The first-order chi connectivity index (χ1) is 19.2. The summed E-state index contributed by atoms with van der Waals surface area (Å²) in [6.45, 7) is 16.1. The molecule has 2 bridgehead atoms. The second-order valence-electron chi connectivity index (χ2n) is 11.3. The Morgan fingerprint density at radius 3 is 2.67 bits per heavy atom. The molecular formula is C29H44BrN3O6S. The van der Waals surface area contributed by atoms with Crippen LogP contribution in [-0.2, 0) is 23.9 Å². The summed E-state index contributed by atoms with van der Waals surface area (Å²) < 4.78 is 10.3. The van der Waals surface area contributed by atoms with Crippen LogP contribution in [0, 0.1) is 17.8 Å². The Morgan fingerprint density at radius 1 is 1.32 bits per heavy atom. The predicted octanol–water partition coefficient (Wildman–Crippen LogP) is 2.32. The van der Waals surface area contributed by atoms with Gasteiger partial charge in [0.15, 0.2) is 0 Å². The minimum Gasteiger partial charge on any atom is -0.465 e. The molecule has 2 amide bonds. The van der Waals surface area contributed by atoms with E-state index >= 15 is 0 Å². The van der Waals surface area contributed by atoms with Gasteiger partial charge in [0.25, 0.3) is 0 Å². The third-order valence-electron chi connectivity index (χ3n) is 9.10. The summed E-state index contributed by atoms with van der Waals surface area (Å²) in [5.74, 6) is -2.11. The fraction of sp³-hybridized carbons (Fsp3) is 0.759. The van der Waals surface area contributed by atoms with Crippen molar-refractivity contribution >= 4 is 45.5 Å². The van der Waals surface area contributed by atoms with Gasteiger partial charge in [-0.1, -0.05) is 48.4 Å². The van der Waals surface area contributed by atoms with Crippen molar-refractivity contribution in [1.29, 1.82) is 0 Å². The van der Waals surface area contributed by atoms with Crippen LogP contribution in [0.15, 0.2) is 25.3 Å². The lowest BCUT2D eigenvalue weighted by Crippen LogP contribution is -2.59. The van der Waals surface area contributed by atoms with E-state index in [1.165, 1.54) is 0 Å². The molecule has 1 spiro atoms. The zero-order valence-corrected chi connectivity index (χ0v) is 26.1. The molecule has 4 aliphatic heterocycles. The van der Waals surface area contributed by atoms with Crippen LogP contribution in [0.3, 0.4) is 0 Å². The molecule has 4 aliphatic rings. The highest BCUT2D eigenvalue weighted by atomic mass is 79.9. The SMILES string of the molecule is C=CCCOC(=O)[C@H]1[C@@H]2SC3(CC2Br)C(C(=O)N(CC=C)CCN2CCOCC2)N([C@@H](CO)[C@@H](C)CC)C(=O)[C@H]13. The maximum Gasteiger partial charge on any atom is 0.310 e. The molecule has 1 N–H and O–H groups in total. The molecule has 8 atom stereocenters. The average Bonchev–Trinajstić information content (AvgIpc) is 3.55. The normalized spacial score (nSPS) is 33.0. The number of ether oxygens (including phenoxy) is 2. The molecular weight excluding hydrogens is 598 g/mol. The summed E-state index contributed by atoms with van der Waals surface area (Å²) in [6, 6.07) is -1.32. The molecule has 0 aromatic carbocycles. The predicted molar refractivity (Wildman–Crippen MR) is 159 cm³/mol. The quantitative estimate of drug-likeness (QED) is 0.134. The van der Waals surface area contributed by atoms with E-state index in [0.717, 1.165) is 19.5 Å². The average molecular weight is 643 g/mol. The van der Waals surface area contributed by atoms with Gasteiger partial charge in [-0.3, -0.25) is 19.3 Å². The Kier molecular flexibility index (Phi) is 10.8. The Bertz CT molecular complexity index is 964. The summed E-state index contributed by atoms with van der Waals surface area (Å²) >= 11 is 5.39. The van der Waals surface area contributed by atoms with Gasteiger partial charge >= 0.3 is 5.97 Å². The largest absolute Gasteiger partial charge is 0.465 e. The number of fused-ring (bicyclic) bond motifs is 1. The number of morpholine rings is 1. The van der Waals surface area contributed by atoms with Crippen LogP contribution in [-0.4, -0.2) is 124 Å². The molecule has 11 heteroatoms. The first-order valence-electron chi connectivity index (χ1n) is 14.5. The molecule has 0 aromatic rings. The smallest absolute Gasteiger partial charge is 0.310 e. The molecule has 0 saturated carbocycles. The third kappa shape index (κ3) is 5.78. The Hall–Kier alpha value is -1.40. The van der Waals surface area contributed by atoms with E-state index in [2.05, 4.69) is 34.0 Å². The monoisotopic (exact) mass is 641 g/mol. The zero-order chi connectivity index (χ0) is 29.0. The van der Waals surface area contributed by atoms with Gasteiger partial charge in [-0.05, 0) is 18.8 Å². The van der Waals surface area contributed by atoms with Crippen molar-refractivity contribution in [2.75, 3.05) is 59.2 Å². The van der Waals surface area contributed by atoms with Crippen LogP contribution in [0.2, 0.25) is 0 Å². The second-order valence-corrected chi connectivity index (χ2v) is 14.0. The first kappa shape index (κ1) is 31.5. The van der Waals surface area contributed by atoms with Crippen molar-refractivity contribution < 1.29 is 29.0 Å². The molecule has 40 heavy (non-hydrogen) atoms. The number of hydrogen-bond acceptors (Lipinski definition) is 8. The lowest BCUT2D eigenvalue weighted by atomic mass is 9.71. The molecule has 4 saturated heterocycles. The number of amides is 2. The first-order valence-corrected chi connectivity index (χ1v) is 16.3. The maximum atomic E-state index is 14.6. The standard InChI is InChI=1S/C29H44BrN3O6S/c1-5-8-14-39-28(37)22-23-26(35)33(21(18-34)19(4)7-3)25(29(23)17-20(30)24(22)40-29)27(36)32(9-6-2)11-10-31-12-15-38-16-13-31/h5-6,19-25,34H,1-2,7-18H2,3-4H3/t19-,20?,21-,22+,23-,24+,25?,29?/m0/s1. The number of thioether (sulfide) groups is 1. The van der Waals surface area contributed by atoms with E-state index in [9.17, 15) is 19.5 Å². The number of aliphatic hydroxyl groups excluding tert-OH is 1.